The van der Waals surface area contributed by atoms with Crippen molar-refractivity contribution in [1.29, 1.82) is 0 Å². The number of carbonyl (C=O) groups excluding carboxylic acids is 1. The predicted molar refractivity (Wildman–Crippen MR) is 80.0 cm³/mol. The summed E-state index contributed by atoms with van der Waals surface area (Å²) in [6.45, 7) is 3.03. The van der Waals surface area contributed by atoms with Crippen LogP contribution in [-0.2, 0) is 4.74 Å². The number of Topliss-reactive ketones (excluding diaryl/α,β-unsaturated/α-hetero) is 1. The number of thioether (sulfide) groups is 1. The van der Waals surface area contributed by atoms with Crippen molar-refractivity contribution in [2.24, 2.45) is 0 Å². The Morgan fingerprint density at radius 3 is 2.79 bits per heavy atom. The van der Waals surface area contributed by atoms with Crippen LogP contribution in [0.2, 0.25) is 0 Å². The molecule has 0 bridgehead atoms. The first-order chi connectivity index (χ1) is 9.29. The third-order valence-corrected chi connectivity index (χ3v) is 4.34. The molecule has 2 nitrogen and oxygen atoms in total. The average molecular weight is 278 g/mol. The molecule has 1 saturated heterocycles. The topological polar surface area (TPSA) is 26.3 Å². The van der Waals surface area contributed by atoms with E-state index < -0.39 is 0 Å². The maximum absolute atomic E-state index is 12.0. The van der Waals surface area contributed by atoms with Crippen molar-refractivity contribution in [3.63, 3.8) is 0 Å². The van der Waals surface area contributed by atoms with Gasteiger partial charge in [0.1, 0.15) is 0 Å². The first-order valence-corrected chi connectivity index (χ1v) is 8.16. The van der Waals surface area contributed by atoms with Gasteiger partial charge in [0, 0.05) is 23.5 Å². The van der Waals surface area contributed by atoms with Crippen molar-refractivity contribution in [3.8, 4) is 0 Å². The monoisotopic (exact) mass is 278 g/mol. The van der Waals surface area contributed by atoms with E-state index in [0.29, 0.717) is 12.5 Å². The van der Waals surface area contributed by atoms with E-state index in [1.807, 2.05) is 24.3 Å². The van der Waals surface area contributed by atoms with Crippen LogP contribution in [0.25, 0.3) is 0 Å². The van der Waals surface area contributed by atoms with Gasteiger partial charge in [-0.1, -0.05) is 19.1 Å². The highest BCUT2D eigenvalue weighted by molar-refractivity contribution is 7.99. The fourth-order valence-corrected chi connectivity index (χ4v) is 3.07. The quantitative estimate of drug-likeness (QED) is 0.548. The standard InChI is InChI=1S/C16H22O2S/c1-2-19-15-10-8-13(9-11-15)16(17)7-3-5-14-6-4-12-18-14/h8-11,14H,2-7,12H2,1H3. The molecule has 1 aromatic carbocycles. The molecule has 3 heteroatoms. The van der Waals surface area contributed by atoms with E-state index in [0.717, 1.165) is 37.2 Å². The summed E-state index contributed by atoms with van der Waals surface area (Å²) in [7, 11) is 0. The summed E-state index contributed by atoms with van der Waals surface area (Å²) < 4.78 is 5.57. The van der Waals surface area contributed by atoms with Crippen molar-refractivity contribution in [2.75, 3.05) is 12.4 Å². The number of rotatable bonds is 7. The Labute approximate surface area is 119 Å². The SMILES string of the molecule is CCSc1ccc(C(=O)CCCC2CCCO2)cc1. The van der Waals surface area contributed by atoms with Crippen LogP contribution in [0.4, 0.5) is 0 Å². The smallest absolute Gasteiger partial charge is 0.162 e. The van der Waals surface area contributed by atoms with E-state index in [1.165, 1.54) is 11.3 Å². The van der Waals surface area contributed by atoms with E-state index in [-0.39, 0.29) is 5.78 Å². The fourth-order valence-electron chi connectivity index (χ4n) is 2.41. The van der Waals surface area contributed by atoms with Crippen LogP contribution in [-0.4, -0.2) is 24.2 Å². The van der Waals surface area contributed by atoms with Gasteiger partial charge < -0.3 is 4.74 Å². The van der Waals surface area contributed by atoms with Crippen molar-refractivity contribution in [2.45, 2.75) is 50.0 Å². The van der Waals surface area contributed by atoms with Crippen molar-refractivity contribution < 1.29 is 9.53 Å². The average Bonchev–Trinajstić information content (AvgIpc) is 2.93. The summed E-state index contributed by atoms with van der Waals surface area (Å²) in [5, 5.41) is 0. The lowest BCUT2D eigenvalue weighted by atomic mass is 10.0. The van der Waals surface area contributed by atoms with Gasteiger partial charge in [0.15, 0.2) is 5.78 Å². The molecule has 1 atom stereocenters. The lowest BCUT2D eigenvalue weighted by molar-refractivity contribution is 0.0922. The molecule has 19 heavy (non-hydrogen) atoms. The Bertz CT molecular complexity index is 394. The van der Waals surface area contributed by atoms with Crippen LogP contribution in [0.1, 0.15) is 49.4 Å². The maximum atomic E-state index is 12.0. The zero-order valence-electron chi connectivity index (χ0n) is 11.6. The number of hydrogen-bond acceptors (Lipinski definition) is 3. The zero-order valence-corrected chi connectivity index (χ0v) is 12.4. The molecule has 1 unspecified atom stereocenters. The van der Waals surface area contributed by atoms with E-state index in [1.54, 1.807) is 11.8 Å². The van der Waals surface area contributed by atoms with Gasteiger partial charge in [0.25, 0.3) is 0 Å². The largest absolute Gasteiger partial charge is 0.378 e. The van der Waals surface area contributed by atoms with E-state index in [4.69, 9.17) is 4.74 Å². The van der Waals surface area contributed by atoms with E-state index >= 15 is 0 Å². The third kappa shape index (κ3) is 4.66. The van der Waals surface area contributed by atoms with Crippen LogP contribution in [0, 0.1) is 0 Å². The summed E-state index contributed by atoms with van der Waals surface area (Å²) in [5.41, 5.74) is 0.841. The minimum Gasteiger partial charge on any atom is -0.378 e. The molecule has 1 heterocycles. The number of ketones is 1. The second kappa shape index (κ2) is 7.71. The molecule has 0 radical (unpaired) electrons. The Kier molecular flexibility index (Phi) is 5.93. The van der Waals surface area contributed by atoms with E-state index in [2.05, 4.69) is 6.92 Å². The minimum absolute atomic E-state index is 0.256. The third-order valence-electron chi connectivity index (χ3n) is 3.44. The van der Waals surface area contributed by atoms with Crippen LogP contribution < -0.4 is 0 Å². The summed E-state index contributed by atoms with van der Waals surface area (Å²) in [4.78, 5) is 13.3. The molecule has 1 aromatic rings. The predicted octanol–water partition coefficient (Wildman–Crippen LogP) is 4.33. The maximum Gasteiger partial charge on any atom is 0.162 e. The molecule has 0 saturated carbocycles. The summed E-state index contributed by atoms with van der Waals surface area (Å²) in [6.07, 6.45) is 5.34. The summed E-state index contributed by atoms with van der Waals surface area (Å²) >= 11 is 1.80. The van der Waals surface area contributed by atoms with Crippen molar-refractivity contribution in [3.05, 3.63) is 29.8 Å². The van der Waals surface area contributed by atoms with E-state index in [9.17, 15) is 4.79 Å². The number of hydrogen-bond donors (Lipinski definition) is 0. The second-order valence-electron chi connectivity index (χ2n) is 4.91. The van der Waals surface area contributed by atoms with Gasteiger partial charge in [-0.3, -0.25) is 4.79 Å². The summed E-state index contributed by atoms with van der Waals surface area (Å²) in [6, 6.07) is 7.99. The molecule has 0 aliphatic carbocycles. The Morgan fingerprint density at radius 2 is 2.16 bits per heavy atom. The highest BCUT2D eigenvalue weighted by Crippen LogP contribution is 2.20. The van der Waals surface area contributed by atoms with Crippen molar-refractivity contribution >= 4 is 17.5 Å². The number of benzene rings is 1. The highest BCUT2D eigenvalue weighted by atomic mass is 32.2. The van der Waals surface area contributed by atoms with Gasteiger partial charge in [0.2, 0.25) is 0 Å². The first kappa shape index (κ1) is 14.6. The Morgan fingerprint density at radius 1 is 1.37 bits per heavy atom. The molecule has 0 spiro atoms. The lowest BCUT2D eigenvalue weighted by Crippen LogP contribution is -2.06. The molecule has 0 amide bonds. The van der Waals surface area contributed by atoms with Gasteiger partial charge >= 0.3 is 0 Å². The van der Waals surface area contributed by atoms with Crippen LogP contribution in [0.5, 0.6) is 0 Å². The molecule has 0 aromatic heterocycles. The Hall–Kier alpha value is -0.800. The van der Waals surface area contributed by atoms with Gasteiger partial charge in [-0.2, -0.15) is 0 Å². The van der Waals surface area contributed by atoms with Crippen LogP contribution in [0.15, 0.2) is 29.2 Å². The zero-order chi connectivity index (χ0) is 13.5. The number of ether oxygens (including phenoxy) is 1. The van der Waals surface area contributed by atoms with Crippen molar-refractivity contribution in [1.82, 2.24) is 0 Å². The Balaban J connectivity index is 1.75. The lowest BCUT2D eigenvalue weighted by Gasteiger charge is -2.08. The highest BCUT2D eigenvalue weighted by Gasteiger charge is 2.15. The second-order valence-corrected chi connectivity index (χ2v) is 6.25. The molecular formula is C16H22O2S. The van der Waals surface area contributed by atoms with Gasteiger partial charge in [0.05, 0.1) is 6.10 Å². The summed E-state index contributed by atoms with van der Waals surface area (Å²) in [5.74, 6) is 1.32. The molecule has 1 fully saturated rings. The molecular weight excluding hydrogens is 256 g/mol. The fraction of sp³-hybridized carbons (Fsp3) is 0.562. The molecule has 0 N–H and O–H groups in total. The molecule has 1 aliphatic rings. The van der Waals surface area contributed by atoms with Gasteiger partial charge in [-0.25, -0.2) is 0 Å². The molecule has 2 rings (SSSR count). The molecule has 1 aliphatic heterocycles. The minimum atomic E-state index is 0.256. The number of carbonyl (C=O) groups is 1. The van der Waals surface area contributed by atoms with Crippen LogP contribution >= 0.6 is 11.8 Å². The molecule has 104 valence electrons. The normalized spacial score (nSPS) is 18.7. The van der Waals surface area contributed by atoms with Gasteiger partial charge in [-0.05, 0) is 43.6 Å². The first-order valence-electron chi connectivity index (χ1n) is 7.17. The van der Waals surface area contributed by atoms with Gasteiger partial charge in [-0.15, -0.1) is 11.8 Å². The van der Waals surface area contributed by atoms with Crippen LogP contribution in [0.3, 0.4) is 0 Å².